The lowest BCUT2D eigenvalue weighted by atomic mass is 10.0. The van der Waals surface area contributed by atoms with Gasteiger partial charge in [0.05, 0.1) is 16.5 Å². The van der Waals surface area contributed by atoms with E-state index in [1.165, 1.54) is 0 Å². The molecule has 0 aliphatic carbocycles. The third-order valence-corrected chi connectivity index (χ3v) is 3.53. The molecule has 3 rings (SSSR count). The molecule has 5 heteroatoms. The Morgan fingerprint density at radius 2 is 2.11 bits per heavy atom. The van der Waals surface area contributed by atoms with Crippen LogP contribution in [0, 0.1) is 10.1 Å². The first-order valence-electron chi connectivity index (χ1n) is 6.39. The van der Waals surface area contributed by atoms with Gasteiger partial charge in [0.2, 0.25) is 0 Å². The van der Waals surface area contributed by atoms with E-state index in [1.54, 1.807) is 12.1 Å². The largest absolute Gasteiger partial charge is 0.350 e. The fourth-order valence-electron chi connectivity index (χ4n) is 2.66. The molecule has 0 saturated heterocycles. The SMILES string of the molecule is O=[N+]([O-])c1ccccc1C1NCCCn2cccc21. The molecule has 0 radical (unpaired) electrons. The van der Waals surface area contributed by atoms with Gasteiger partial charge >= 0.3 is 0 Å². The smallest absolute Gasteiger partial charge is 0.274 e. The van der Waals surface area contributed by atoms with Crippen LogP contribution in [0.15, 0.2) is 42.6 Å². The lowest BCUT2D eigenvalue weighted by molar-refractivity contribution is -0.385. The molecule has 0 amide bonds. The standard InChI is InChI=1S/C14H15N3O2/c18-17(19)12-6-2-1-5-11(12)14-13-7-3-9-16(13)10-4-8-15-14/h1-3,5-7,9,14-15H,4,8,10H2. The molecular formula is C14H15N3O2. The minimum absolute atomic E-state index is 0.112. The van der Waals surface area contributed by atoms with Crippen LogP contribution >= 0.6 is 0 Å². The van der Waals surface area contributed by atoms with Gasteiger partial charge in [0.1, 0.15) is 0 Å². The first-order chi connectivity index (χ1) is 9.27. The quantitative estimate of drug-likeness (QED) is 0.664. The number of aromatic nitrogens is 1. The first kappa shape index (κ1) is 11.9. The molecule has 2 aromatic rings. The fraction of sp³-hybridized carbons (Fsp3) is 0.286. The molecule has 19 heavy (non-hydrogen) atoms. The molecule has 1 unspecified atom stereocenters. The van der Waals surface area contributed by atoms with Gasteiger partial charge in [-0.1, -0.05) is 18.2 Å². The number of fused-ring (bicyclic) bond motifs is 1. The lowest BCUT2D eigenvalue weighted by Crippen LogP contribution is -2.23. The van der Waals surface area contributed by atoms with Gasteiger partial charge in [0.25, 0.3) is 5.69 Å². The minimum Gasteiger partial charge on any atom is -0.350 e. The molecular weight excluding hydrogens is 242 g/mol. The summed E-state index contributed by atoms with van der Waals surface area (Å²) >= 11 is 0. The Morgan fingerprint density at radius 1 is 1.26 bits per heavy atom. The fourth-order valence-corrected chi connectivity index (χ4v) is 2.66. The molecule has 5 nitrogen and oxygen atoms in total. The summed E-state index contributed by atoms with van der Waals surface area (Å²) in [7, 11) is 0. The Kier molecular flexibility index (Phi) is 3.05. The van der Waals surface area contributed by atoms with Gasteiger partial charge in [-0.15, -0.1) is 0 Å². The Bertz CT molecular complexity index is 606. The molecule has 98 valence electrons. The number of nitro benzene ring substituents is 1. The molecule has 0 bridgehead atoms. The van der Waals surface area contributed by atoms with Crippen LogP contribution in [0.2, 0.25) is 0 Å². The number of para-hydroxylation sites is 1. The number of hydrogen-bond acceptors (Lipinski definition) is 3. The monoisotopic (exact) mass is 257 g/mol. The lowest BCUT2D eigenvalue weighted by Gasteiger charge is -2.17. The van der Waals surface area contributed by atoms with Gasteiger partial charge in [0, 0.05) is 24.5 Å². The number of rotatable bonds is 2. The summed E-state index contributed by atoms with van der Waals surface area (Å²) in [6.07, 6.45) is 3.06. The van der Waals surface area contributed by atoms with Gasteiger partial charge in [-0.2, -0.15) is 0 Å². The van der Waals surface area contributed by atoms with Gasteiger partial charge in [-0.3, -0.25) is 10.1 Å². The van der Waals surface area contributed by atoms with Gasteiger partial charge in [-0.05, 0) is 25.1 Å². The molecule has 1 N–H and O–H groups in total. The highest BCUT2D eigenvalue weighted by Gasteiger charge is 2.25. The second-order valence-electron chi connectivity index (χ2n) is 4.68. The molecule has 1 aromatic carbocycles. The van der Waals surface area contributed by atoms with E-state index in [0.717, 1.165) is 30.8 Å². The summed E-state index contributed by atoms with van der Waals surface area (Å²) in [4.78, 5) is 10.9. The number of hydrogen-bond donors (Lipinski definition) is 1. The van der Waals surface area contributed by atoms with Crippen molar-refractivity contribution in [2.24, 2.45) is 0 Å². The second-order valence-corrected chi connectivity index (χ2v) is 4.68. The maximum Gasteiger partial charge on any atom is 0.274 e. The Labute approximate surface area is 111 Å². The van der Waals surface area contributed by atoms with Gasteiger partial charge in [-0.25, -0.2) is 0 Å². The Hall–Kier alpha value is -2.14. The summed E-state index contributed by atoms with van der Waals surface area (Å²) in [6, 6.07) is 10.9. The highest BCUT2D eigenvalue weighted by Crippen LogP contribution is 2.31. The molecule has 0 saturated carbocycles. The van der Waals surface area contributed by atoms with Crippen molar-refractivity contribution in [3.8, 4) is 0 Å². The van der Waals surface area contributed by atoms with E-state index < -0.39 is 0 Å². The maximum absolute atomic E-state index is 11.2. The van der Waals surface area contributed by atoms with Gasteiger partial charge in [0.15, 0.2) is 0 Å². The number of aryl methyl sites for hydroxylation is 1. The second kappa shape index (κ2) is 4.85. The van der Waals surface area contributed by atoms with Crippen molar-refractivity contribution in [2.45, 2.75) is 19.0 Å². The van der Waals surface area contributed by atoms with Gasteiger partial charge < -0.3 is 9.88 Å². The zero-order valence-electron chi connectivity index (χ0n) is 10.5. The van der Waals surface area contributed by atoms with Crippen molar-refractivity contribution in [3.05, 3.63) is 64.0 Å². The molecule has 1 aliphatic rings. The van der Waals surface area contributed by atoms with Crippen molar-refractivity contribution in [3.63, 3.8) is 0 Å². The molecule has 0 spiro atoms. The van der Waals surface area contributed by atoms with E-state index in [1.807, 2.05) is 30.5 Å². The van der Waals surface area contributed by atoms with Crippen molar-refractivity contribution in [2.75, 3.05) is 6.54 Å². The van der Waals surface area contributed by atoms with E-state index in [9.17, 15) is 10.1 Å². The highest BCUT2D eigenvalue weighted by molar-refractivity contribution is 5.45. The predicted octanol–water partition coefficient (Wildman–Crippen LogP) is 2.48. The number of benzene rings is 1. The minimum atomic E-state index is -0.310. The summed E-state index contributed by atoms with van der Waals surface area (Å²) in [5.41, 5.74) is 2.00. The average Bonchev–Trinajstić information content (AvgIpc) is 2.79. The van der Waals surface area contributed by atoms with E-state index in [4.69, 9.17) is 0 Å². The van der Waals surface area contributed by atoms with E-state index in [2.05, 4.69) is 9.88 Å². The summed E-state index contributed by atoms with van der Waals surface area (Å²) < 4.78 is 2.17. The summed E-state index contributed by atoms with van der Waals surface area (Å²) in [5, 5.41) is 14.6. The van der Waals surface area contributed by atoms with E-state index in [0.29, 0.717) is 0 Å². The summed E-state index contributed by atoms with van der Waals surface area (Å²) in [5.74, 6) is 0. The Morgan fingerprint density at radius 3 is 2.95 bits per heavy atom. The zero-order valence-corrected chi connectivity index (χ0v) is 10.5. The number of nitro groups is 1. The van der Waals surface area contributed by atoms with Crippen LogP contribution < -0.4 is 5.32 Å². The van der Waals surface area contributed by atoms with Crippen molar-refractivity contribution in [1.29, 1.82) is 0 Å². The molecule has 2 heterocycles. The number of nitrogens with one attached hydrogen (secondary N) is 1. The van der Waals surface area contributed by atoms with Crippen molar-refractivity contribution < 1.29 is 4.92 Å². The van der Waals surface area contributed by atoms with Crippen LogP contribution in [0.25, 0.3) is 0 Å². The Balaban J connectivity index is 2.10. The highest BCUT2D eigenvalue weighted by atomic mass is 16.6. The molecule has 1 atom stereocenters. The van der Waals surface area contributed by atoms with E-state index >= 15 is 0 Å². The molecule has 1 aliphatic heterocycles. The third kappa shape index (κ3) is 2.13. The van der Waals surface area contributed by atoms with Crippen molar-refractivity contribution >= 4 is 5.69 Å². The van der Waals surface area contributed by atoms with Crippen molar-refractivity contribution in [1.82, 2.24) is 9.88 Å². The van der Waals surface area contributed by atoms with Crippen LogP contribution in [0.3, 0.4) is 0 Å². The first-order valence-corrected chi connectivity index (χ1v) is 6.39. The predicted molar refractivity (Wildman–Crippen MR) is 72.0 cm³/mol. The number of nitrogens with zero attached hydrogens (tertiary/aromatic N) is 2. The topological polar surface area (TPSA) is 60.1 Å². The molecule has 0 fully saturated rings. The zero-order chi connectivity index (χ0) is 13.2. The van der Waals surface area contributed by atoms with Crippen LogP contribution in [-0.4, -0.2) is 16.0 Å². The van der Waals surface area contributed by atoms with E-state index in [-0.39, 0.29) is 16.7 Å². The molecule has 1 aromatic heterocycles. The maximum atomic E-state index is 11.2. The normalized spacial score (nSPS) is 18.6. The van der Waals surface area contributed by atoms with Crippen LogP contribution in [0.1, 0.15) is 23.7 Å². The van der Waals surface area contributed by atoms with Crippen LogP contribution in [0.5, 0.6) is 0 Å². The third-order valence-electron chi connectivity index (χ3n) is 3.53. The average molecular weight is 257 g/mol. The van der Waals surface area contributed by atoms with Crippen LogP contribution in [0.4, 0.5) is 5.69 Å². The van der Waals surface area contributed by atoms with Crippen LogP contribution in [-0.2, 0) is 6.54 Å². The summed E-state index contributed by atoms with van der Waals surface area (Å²) in [6.45, 7) is 1.81.